The van der Waals surface area contributed by atoms with Gasteiger partial charge in [0.1, 0.15) is 6.73 Å². The average Bonchev–Trinajstić information content (AvgIpc) is 1.64. The standard InChI is InChI=1S/C4H12NO3P/c1-2-3-9(6,7)8-4-5/h2-5H2,1H3,(H,6,7). The topological polar surface area (TPSA) is 72.5 Å². The van der Waals surface area contributed by atoms with E-state index in [1.54, 1.807) is 0 Å². The SMILES string of the molecule is CCCP(=O)(O)OCN. The molecule has 0 radical (unpaired) electrons. The minimum absolute atomic E-state index is 0.185. The van der Waals surface area contributed by atoms with Crippen LogP contribution in [-0.2, 0) is 9.09 Å². The highest BCUT2D eigenvalue weighted by atomic mass is 31.2. The van der Waals surface area contributed by atoms with Crippen LogP contribution < -0.4 is 5.73 Å². The van der Waals surface area contributed by atoms with Crippen LogP contribution in [0.5, 0.6) is 0 Å². The number of nitrogens with two attached hydrogens (primary N) is 1. The lowest BCUT2D eigenvalue weighted by molar-refractivity contribution is 0.267. The third-order valence-electron chi connectivity index (χ3n) is 0.782. The van der Waals surface area contributed by atoms with Gasteiger partial charge >= 0.3 is 7.60 Å². The Balaban J connectivity index is 3.58. The first-order chi connectivity index (χ1) is 4.12. The van der Waals surface area contributed by atoms with E-state index in [9.17, 15) is 4.57 Å². The minimum atomic E-state index is -3.32. The maximum Gasteiger partial charge on any atom is 0.329 e. The first-order valence-electron chi connectivity index (χ1n) is 2.79. The highest BCUT2D eigenvalue weighted by Gasteiger charge is 2.15. The Bertz CT molecular complexity index is 106. The molecule has 1 atom stereocenters. The molecule has 0 amide bonds. The molecule has 0 spiro atoms. The molecule has 0 aliphatic carbocycles. The van der Waals surface area contributed by atoms with Gasteiger partial charge in [-0.3, -0.25) is 9.09 Å². The van der Waals surface area contributed by atoms with Crippen molar-refractivity contribution >= 4 is 7.60 Å². The summed E-state index contributed by atoms with van der Waals surface area (Å²) in [5.41, 5.74) is 4.89. The second-order valence-corrected chi connectivity index (χ2v) is 3.64. The maximum atomic E-state index is 10.7. The molecule has 4 nitrogen and oxygen atoms in total. The lowest BCUT2D eigenvalue weighted by Crippen LogP contribution is -2.03. The summed E-state index contributed by atoms with van der Waals surface area (Å²) in [6.45, 7) is 1.62. The Labute approximate surface area is 54.5 Å². The Kier molecular flexibility index (Phi) is 4.06. The molecule has 0 saturated carbocycles. The molecule has 0 fully saturated rings. The fraction of sp³-hybridized carbons (Fsp3) is 1.00. The third-order valence-corrected chi connectivity index (χ3v) is 2.35. The molecule has 9 heavy (non-hydrogen) atoms. The fourth-order valence-corrected chi connectivity index (χ4v) is 1.39. The summed E-state index contributed by atoms with van der Waals surface area (Å²) in [7, 11) is -3.32. The maximum absolute atomic E-state index is 10.7. The van der Waals surface area contributed by atoms with Gasteiger partial charge in [0.15, 0.2) is 0 Å². The summed E-state index contributed by atoms with van der Waals surface area (Å²) in [6, 6.07) is 0. The summed E-state index contributed by atoms with van der Waals surface area (Å²) >= 11 is 0. The monoisotopic (exact) mass is 153 g/mol. The first kappa shape index (κ1) is 9.11. The Morgan fingerprint density at radius 2 is 2.33 bits per heavy atom. The van der Waals surface area contributed by atoms with Crippen molar-refractivity contribution in [3.63, 3.8) is 0 Å². The molecule has 0 saturated heterocycles. The van der Waals surface area contributed by atoms with Crippen molar-refractivity contribution in [1.82, 2.24) is 0 Å². The zero-order valence-electron chi connectivity index (χ0n) is 5.41. The van der Waals surface area contributed by atoms with Crippen LogP contribution in [0.1, 0.15) is 13.3 Å². The van der Waals surface area contributed by atoms with E-state index in [1.807, 2.05) is 6.92 Å². The molecule has 0 bridgehead atoms. The normalized spacial score (nSPS) is 17.2. The molecule has 0 rings (SSSR count). The summed E-state index contributed by atoms with van der Waals surface area (Å²) in [5, 5.41) is 0. The Morgan fingerprint density at radius 3 is 2.67 bits per heavy atom. The highest BCUT2D eigenvalue weighted by Crippen LogP contribution is 2.41. The predicted octanol–water partition coefficient (Wildman–Crippen LogP) is 0.515. The fourth-order valence-electron chi connectivity index (χ4n) is 0.464. The van der Waals surface area contributed by atoms with Gasteiger partial charge < -0.3 is 10.6 Å². The summed E-state index contributed by atoms with van der Waals surface area (Å²) in [6.07, 6.45) is 0.817. The van der Waals surface area contributed by atoms with Crippen LogP contribution in [0.25, 0.3) is 0 Å². The zero-order chi connectivity index (χ0) is 7.33. The van der Waals surface area contributed by atoms with E-state index in [0.29, 0.717) is 6.42 Å². The third kappa shape index (κ3) is 4.60. The molecule has 0 heterocycles. The molecule has 0 aliphatic heterocycles. The van der Waals surface area contributed by atoms with Gasteiger partial charge in [-0.2, -0.15) is 0 Å². The van der Waals surface area contributed by atoms with E-state index in [-0.39, 0.29) is 12.9 Å². The lowest BCUT2D eigenvalue weighted by Gasteiger charge is -2.07. The van der Waals surface area contributed by atoms with Gasteiger partial charge in [-0.1, -0.05) is 6.92 Å². The molecule has 1 unspecified atom stereocenters. The van der Waals surface area contributed by atoms with E-state index >= 15 is 0 Å². The largest absolute Gasteiger partial charge is 0.329 e. The van der Waals surface area contributed by atoms with Crippen molar-refractivity contribution in [2.75, 3.05) is 12.9 Å². The van der Waals surface area contributed by atoms with Gasteiger partial charge in [0, 0.05) is 6.16 Å². The molecule has 0 aromatic heterocycles. The van der Waals surface area contributed by atoms with Crippen molar-refractivity contribution in [1.29, 1.82) is 0 Å². The van der Waals surface area contributed by atoms with Crippen LogP contribution in [0.3, 0.4) is 0 Å². The second kappa shape index (κ2) is 4.01. The minimum Gasteiger partial charge on any atom is -0.324 e. The lowest BCUT2D eigenvalue weighted by atomic mass is 10.6. The van der Waals surface area contributed by atoms with E-state index in [0.717, 1.165) is 0 Å². The van der Waals surface area contributed by atoms with Crippen LogP contribution in [0.4, 0.5) is 0 Å². The van der Waals surface area contributed by atoms with Crippen LogP contribution in [0.2, 0.25) is 0 Å². The molecule has 0 aromatic carbocycles. The molecular weight excluding hydrogens is 141 g/mol. The van der Waals surface area contributed by atoms with E-state index in [2.05, 4.69) is 4.52 Å². The quantitative estimate of drug-likeness (QED) is 0.456. The molecule has 3 N–H and O–H groups in total. The molecule has 5 heteroatoms. The van der Waals surface area contributed by atoms with Crippen molar-refractivity contribution in [2.45, 2.75) is 13.3 Å². The van der Waals surface area contributed by atoms with Crippen LogP contribution in [0, 0.1) is 0 Å². The van der Waals surface area contributed by atoms with Crippen LogP contribution in [-0.4, -0.2) is 17.8 Å². The van der Waals surface area contributed by atoms with Crippen molar-refractivity contribution in [3.8, 4) is 0 Å². The number of rotatable bonds is 4. The Hall–Kier alpha value is 0.110. The van der Waals surface area contributed by atoms with Crippen molar-refractivity contribution < 1.29 is 14.0 Å². The smallest absolute Gasteiger partial charge is 0.324 e. The van der Waals surface area contributed by atoms with Gasteiger partial charge in [0.05, 0.1) is 0 Å². The summed E-state index contributed by atoms with van der Waals surface area (Å²) in [4.78, 5) is 8.77. The van der Waals surface area contributed by atoms with Gasteiger partial charge in [-0.25, -0.2) is 0 Å². The van der Waals surface area contributed by atoms with Gasteiger partial charge in [0.2, 0.25) is 0 Å². The zero-order valence-corrected chi connectivity index (χ0v) is 6.30. The highest BCUT2D eigenvalue weighted by molar-refractivity contribution is 7.52. The average molecular weight is 153 g/mol. The second-order valence-electron chi connectivity index (χ2n) is 1.66. The molecule has 56 valence electrons. The van der Waals surface area contributed by atoms with Crippen LogP contribution in [0.15, 0.2) is 0 Å². The van der Waals surface area contributed by atoms with Gasteiger partial charge in [0.25, 0.3) is 0 Å². The molecule has 0 aromatic rings. The number of hydrogen-bond acceptors (Lipinski definition) is 3. The van der Waals surface area contributed by atoms with Crippen molar-refractivity contribution in [2.24, 2.45) is 5.73 Å². The predicted molar refractivity (Wildman–Crippen MR) is 35.1 cm³/mol. The van der Waals surface area contributed by atoms with Gasteiger partial charge in [-0.15, -0.1) is 0 Å². The van der Waals surface area contributed by atoms with Crippen LogP contribution >= 0.6 is 7.60 Å². The summed E-state index contributed by atoms with van der Waals surface area (Å²) < 4.78 is 15.0. The number of hydrogen-bond donors (Lipinski definition) is 2. The first-order valence-corrected chi connectivity index (χ1v) is 4.55. The summed E-state index contributed by atoms with van der Waals surface area (Å²) in [5.74, 6) is 0. The van der Waals surface area contributed by atoms with Gasteiger partial charge in [-0.05, 0) is 6.42 Å². The Morgan fingerprint density at radius 1 is 1.78 bits per heavy atom. The van der Waals surface area contributed by atoms with Crippen molar-refractivity contribution in [3.05, 3.63) is 0 Å². The van der Waals surface area contributed by atoms with E-state index < -0.39 is 7.60 Å². The molecular formula is C4H12NO3P. The molecule has 0 aliphatic rings. The van der Waals surface area contributed by atoms with E-state index in [1.165, 1.54) is 0 Å². The van der Waals surface area contributed by atoms with E-state index in [4.69, 9.17) is 10.6 Å².